The minimum absolute atomic E-state index is 0.0648. The quantitative estimate of drug-likeness (QED) is 0.650. The summed E-state index contributed by atoms with van der Waals surface area (Å²) in [6.07, 6.45) is 2.15. The molecule has 3 atom stereocenters. The number of aromatic amines is 1. The molecule has 32 heavy (non-hydrogen) atoms. The molecule has 0 spiro atoms. The predicted molar refractivity (Wildman–Crippen MR) is 126 cm³/mol. The zero-order valence-corrected chi connectivity index (χ0v) is 20.0. The summed E-state index contributed by atoms with van der Waals surface area (Å²) in [6, 6.07) is 5.95. The van der Waals surface area contributed by atoms with E-state index >= 15 is 0 Å². The van der Waals surface area contributed by atoms with Gasteiger partial charge >= 0.3 is 5.69 Å². The summed E-state index contributed by atoms with van der Waals surface area (Å²) in [5.74, 6) is 3.22. The van der Waals surface area contributed by atoms with Crippen LogP contribution in [0, 0.1) is 12.8 Å². The third kappa shape index (κ3) is 4.09. The maximum atomic E-state index is 12.5. The number of ether oxygens (including phenoxy) is 3. The van der Waals surface area contributed by atoms with Crippen molar-refractivity contribution in [3.05, 3.63) is 56.4 Å². The number of hydrogen-bond acceptors (Lipinski definition) is 8. The molecule has 1 aromatic carbocycles. The number of H-pyrrole nitrogens is 1. The van der Waals surface area contributed by atoms with Crippen LogP contribution in [0.1, 0.15) is 30.2 Å². The zero-order valence-electron chi connectivity index (χ0n) is 18.3. The fourth-order valence-corrected chi connectivity index (χ4v) is 8.18. The fraction of sp³-hybridized carbons (Fsp3) is 0.545. The molecule has 174 valence electrons. The van der Waals surface area contributed by atoms with Gasteiger partial charge in [0.05, 0.1) is 31.0 Å². The van der Waals surface area contributed by atoms with Gasteiger partial charge in [0.1, 0.15) is 6.23 Å². The summed E-state index contributed by atoms with van der Waals surface area (Å²) in [7, 11) is 3.23. The van der Waals surface area contributed by atoms with Crippen LogP contribution in [0.5, 0.6) is 11.5 Å². The van der Waals surface area contributed by atoms with Crippen LogP contribution in [-0.4, -0.2) is 53.1 Å². The minimum Gasteiger partial charge on any atom is -0.493 e. The maximum Gasteiger partial charge on any atom is 0.330 e. The highest BCUT2D eigenvalue weighted by atomic mass is 32.2. The Morgan fingerprint density at radius 2 is 1.94 bits per heavy atom. The van der Waals surface area contributed by atoms with Crippen LogP contribution in [0.25, 0.3) is 0 Å². The van der Waals surface area contributed by atoms with Gasteiger partial charge in [-0.1, -0.05) is 6.07 Å². The lowest BCUT2D eigenvalue weighted by molar-refractivity contribution is -0.0336. The second-order valence-corrected chi connectivity index (χ2v) is 10.9. The van der Waals surface area contributed by atoms with Gasteiger partial charge in [-0.05, 0) is 42.5 Å². The van der Waals surface area contributed by atoms with Crippen molar-refractivity contribution in [2.24, 2.45) is 5.92 Å². The van der Waals surface area contributed by atoms with E-state index in [1.54, 1.807) is 21.1 Å². The number of aryl methyl sites for hydroxylation is 1. The number of benzene rings is 1. The molecule has 4 rings (SSSR count). The summed E-state index contributed by atoms with van der Waals surface area (Å²) in [5.41, 5.74) is 0.600. The van der Waals surface area contributed by atoms with Crippen molar-refractivity contribution in [1.29, 1.82) is 0 Å². The number of methoxy groups -OCH3 is 2. The Morgan fingerprint density at radius 1 is 1.22 bits per heavy atom. The lowest BCUT2D eigenvalue weighted by Gasteiger charge is -2.42. The van der Waals surface area contributed by atoms with Gasteiger partial charge in [0.25, 0.3) is 5.56 Å². The first-order valence-corrected chi connectivity index (χ1v) is 12.5. The van der Waals surface area contributed by atoms with E-state index in [9.17, 15) is 14.7 Å². The Morgan fingerprint density at radius 3 is 2.59 bits per heavy atom. The largest absolute Gasteiger partial charge is 0.493 e. The summed E-state index contributed by atoms with van der Waals surface area (Å²) in [6.45, 7) is 1.50. The number of thioether (sulfide) groups is 2. The van der Waals surface area contributed by atoms with Gasteiger partial charge in [-0.2, -0.15) is 0 Å². The highest BCUT2D eigenvalue weighted by Crippen LogP contribution is 2.60. The third-order valence-electron chi connectivity index (χ3n) is 6.07. The Hall–Kier alpha value is -1.88. The Labute approximate surface area is 194 Å². The summed E-state index contributed by atoms with van der Waals surface area (Å²) < 4.78 is 18.2. The van der Waals surface area contributed by atoms with Gasteiger partial charge in [-0.25, -0.2) is 4.79 Å². The van der Waals surface area contributed by atoms with Crippen molar-refractivity contribution >= 4 is 23.5 Å². The van der Waals surface area contributed by atoms with Crippen LogP contribution in [0.3, 0.4) is 0 Å². The molecule has 0 saturated carbocycles. The van der Waals surface area contributed by atoms with E-state index in [2.05, 4.69) is 4.98 Å². The predicted octanol–water partition coefficient (Wildman–Crippen LogP) is 2.48. The van der Waals surface area contributed by atoms with Crippen molar-refractivity contribution < 1.29 is 19.3 Å². The maximum absolute atomic E-state index is 12.5. The number of aliphatic hydroxyl groups excluding tert-OH is 1. The highest BCUT2D eigenvalue weighted by molar-refractivity contribution is 8.18. The topological polar surface area (TPSA) is 103 Å². The molecule has 0 amide bonds. The number of hydrogen-bond donors (Lipinski definition) is 2. The van der Waals surface area contributed by atoms with E-state index in [4.69, 9.17) is 14.2 Å². The van der Waals surface area contributed by atoms with E-state index in [0.29, 0.717) is 23.5 Å². The van der Waals surface area contributed by atoms with Crippen molar-refractivity contribution in [2.75, 3.05) is 32.3 Å². The highest BCUT2D eigenvalue weighted by Gasteiger charge is 2.52. The van der Waals surface area contributed by atoms with Crippen LogP contribution in [-0.2, 0) is 8.82 Å². The molecule has 8 nitrogen and oxygen atoms in total. The van der Waals surface area contributed by atoms with Gasteiger partial charge < -0.3 is 19.3 Å². The van der Waals surface area contributed by atoms with Crippen LogP contribution in [0.2, 0.25) is 0 Å². The van der Waals surface area contributed by atoms with Crippen LogP contribution in [0.4, 0.5) is 0 Å². The molecule has 2 saturated heterocycles. The standard InChI is InChI=1S/C22H28N2O6S2/c1-13-11-24(21(27)23-20(13)26)19-10-15(18(12-25)30-19)22(31-7-4-8-32-22)14-5-6-16(28-2)17(9-14)29-3/h5-6,9,11,15,18-19,25H,4,7-8,10,12H2,1-3H3,(H,23,26,27)/t15-,18+,19+/m0/s1. The number of aliphatic hydroxyl groups is 1. The molecule has 10 heteroatoms. The summed E-state index contributed by atoms with van der Waals surface area (Å²) >= 11 is 3.70. The molecule has 2 N–H and O–H groups in total. The third-order valence-corrected chi connectivity index (χ3v) is 9.70. The summed E-state index contributed by atoms with van der Waals surface area (Å²) in [5, 5.41) is 10.2. The van der Waals surface area contributed by atoms with E-state index in [1.165, 1.54) is 10.8 Å². The lowest BCUT2D eigenvalue weighted by Crippen LogP contribution is -2.38. The van der Waals surface area contributed by atoms with Crippen LogP contribution >= 0.6 is 23.5 Å². The molecule has 3 heterocycles. The molecule has 0 radical (unpaired) electrons. The van der Waals surface area contributed by atoms with Gasteiger partial charge in [-0.15, -0.1) is 23.5 Å². The van der Waals surface area contributed by atoms with E-state index in [1.807, 2.05) is 41.7 Å². The lowest BCUT2D eigenvalue weighted by atomic mass is 9.91. The second kappa shape index (κ2) is 9.54. The molecule has 0 unspecified atom stereocenters. The van der Waals surface area contributed by atoms with Gasteiger partial charge in [0, 0.05) is 24.1 Å². The fourth-order valence-electron chi connectivity index (χ4n) is 4.47. The first-order valence-electron chi connectivity index (χ1n) is 10.5. The Kier molecular flexibility index (Phi) is 6.94. The minimum atomic E-state index is -0.569. The normalized spacial score (nSPS) is 24.9. The van der Waals surface area contributed by atoms with Crippen LogP contribution < -0.4 is 20.7 Å². The van der Waals surface area contributed by atoms with Crippen LogP contribution in [0.15, 0.2) is 34.0 Å². The number of aromatic nitrogens is 2. The molecular weight excluding hydrogens is 452 g/mol. The van der Waals surface area contributed by atoms with Gasteiger partial charge in [0.15, 0.2) is 11.5 Å². The smallest absolute Gasteiger partial charge is 0.330 e. The second-order valence-electron chi connectivity index (χ2n) is 7.92. The molecule has 2 aliphatic heterocycles. The first-order chi connectivity index (χ1) is 15.4. The van der Waals surface area contributed by atoms with Gasteiger partial charge in [0.2, 0.25) is 0 Å². The van der Waals surface area contributed by atoms with E-state index in [0.717, 1.165) is 23.5 Å². The average Bonchev–Trinajstić information content (AvgIpc) is 3.26. The first kappa shape index (κ1) is 23.3. The average molecular weight is 481 g/mol. The Balaban J connectivity index is 1.76. The monoisotopic (exact) mass is 480 g/mol. The van der Waals surface area contributed by atoms with Gasteiger partial charge in [-0.3, -0.25) is 14.3 Å². The molecular formula is C22H28N2O6S2. The Bertz CT molecular complexity index is 1080. The van der Waals surface area contributed by atoms with Crippen molar-refractivity contribution in [3.8, 4) is 11.5 Å². The molecule has 1 aromatic heterocycles. The number of nitrogens with zero attached hydrogens (tertiary/aromatic N) is 1. The SMILES string of the molecule is COc1ccc(C2([C@H]3C[C@H](n4cc(C)c(=O)[nH]c4=O)O[C@@H]3CO)SCCCS2)cc1OC. The molecule has 0 bridgehead atoms. The molecule has 2 fully saturated rings. The van der Waals surface area contributed by atoms with E-state index < -0.39 is 23.6 Å². The van der Waals surface area contributed by atoms with E-state index in [-0.39, 0.29) is 16.6 Å². The number of rotatable bonds is 6. The molecule has 2 aliphatic rings. The zero-order chi connectivity index (χ0) is 22.9. The van der Waals surface area contributed by atoms with Crippen molar-refractivity contribution in [1.82, 2.24) is 9.55 Å². The molecule has 2 aromatic rings. The van der Waals surface area contributed by atoms with Crippen molar-refractivity contribution in [3.63, 3.8) is 0 Å². The number of nitrogens with one attached hydrogen (secondary N) is 1. The van der Waals surface area contributed by atoms with Crippen molar-refractivity contribution in [2.45, 2.75) is 36.2 Å². The summed E-state index contributed by atoms with van der Waals surface area (Å²) in [4.78, 5) is 26.6. The molecule has 0 aliphatic carbocycles.